The normalized spacial score (nSPS) is 11.9. The van der Waals surface area contributed by atoms with Gasteiger partial charge in [0.2, 0.25) is 0 Å². The fourth-order valence-corrected chi connectivity index (χ4v) is 3.08. The number of hydrogen-bond donors (Lipinski definition) is 0. The Morgan fingerprint density at radius 2 is 1.32 bits per heavy atom. The van der Waals surface area contributed by atoms with Gasteiger partial charge in [-0.05, 0) is 41.8 Å². The number of hydrogen-bond acceptors (Lipinski definition) is 9. The third kappa shape index (κ3) is 11.5. The third-order valence-corrected chi connectivity index (χ3v) is 5.69. The van der Waals surface area contributed by atoms with Gasteiger partial charge < -0.3 is 23.7 Å². The molecule has 0 atom stereocenters. The number of halogens is 3. The highest BCUT2D eigenvalue weighted by Crippen LogP contribution is 2.25. The molecule has 2 aromatic rings. The van der Waals surface area contributed by atoms with Crippen LogP contribution in [0.3, 0.4) is 0 Å². The topological polar surface area (TPSA) is 107 Å². The van der Waals surface area contributed by atoms with E-state index in [-0.39, 0.29) is 32.2 Å². The van der Waals surface area contributed by atoms with Crippen LogP contribution in [0.4, 0.5) is 13.2 Å². The lowest BCUT2D eigenvalue weighted by Crippen LogP contribution is -2.25. The Balaban J connectivity index is 1.44. The second-order valence-electron chi connectivity index (χ2n) is 7.39. The van der Waals surface area contributed by atoms with Gasteiger partial charge in [0, 0.05) is 0 Å². The molecular formula is C24H29F3O9S. The van der Waals surface area contributed by atoms with Gasteiger partial charge in [0.25, 0.3) is 0 Å². The lowest BCUT2D eigenvalue weighted by Gasteiger charge is -2.10. The van der Waals surface area contributed by atoms with E-state index >= 15 is 0 Å². The zero-order valence-electron chi connectivity index (χ0n) is 20.2. The molecule has 2 aromatic carbocycles. The molecule has 0 bridgehead atoms. The molecule has 0 heterocycles. The monoisotopic (exact) mass is 550 g/mol. The average Bonchev–Trinajstić information content (AvgIpc) is 2.88. The first-order chi connectivity index (χ1) is 17.6. The van der Waals surface area contributed by atoms with Crippen molar-refractivity contribution in [3.63, 3.8) is 0 Å². The van der Waals surface area contributed by atoms with Gasteiger partial charge in [-0.25, -0.2) is 4.79 Å². The van der Waals surface area contributed by atoms with Crippen LogP contribution in [0.25, 0.3) is 0 Å². The van der Waals surface area contributed by atoms with Crippen LogP contribution in [-0.4, -0.2) is 66.3 Å². The maximum Gasteiger partial charge on any atom is 0.523 e. The van der Waals surface area contributed by atoms with Crippen LogP contribution in [0.5, 0.6) is 5.75 Å². The van der Waals surface area contributed by atoms with Crippen molar-refractivity contribution >= 4 is 16.1 Å². The van der Waals surface area contributed by atoms with E-state index in [4.69, 9.17) is 23.7 Å². The van der Waals surface area contributed by atoms with Crippen LogP contribution in [0.2, 0.25) is 0 Å². The fourth-order valence-electron chi connectivity index (χ4n) is 2.66. The van der Waals surface area contributed by atoms with Crippen molar-refractivity contribution in [2.45, 2.75) is 25.5 Å². The summed E-state index contributed by atoms with van der Waals surface area (Å²) < 4.78 is 88.9. The molecule has 0 radical (unpaired) electrons. The molecule has 0 saturated heterocycles. The highest BCUT2D eigenvalue weighted by molar-refractivity contribution is 7.87. The van der Waals surface area contributed by atoms with Crippen LogP contribution >= 0.6 is 0 Å². The Hall–Kier alpha value is -2.71. The van der Waals surface area contributed by atoms with E-state index in [0.29, 0.717) is 31.1 Å². The number of carbonyl (C=O) groups is 1. The van der Waals surface area contributed by atoms with Gasteiger partial charge in [-0.2, -0.15) is 21.6 Å². The first-order valence-electron chi connectivity index (χ1n) is 11.3. The average molecular weight is 551 g/mol. The van der Waals surface area contributed by atoms with Crippen molar-refractivity contribution in [1.29, 1.82) is 0 Å². The quantitative estimate of drug-likeness (QED) is 0.0954. The molecule has 0 aromatic heterocycles. The van der Waals surface area contributed by atoms with Gasteiger partial charge in [-0.15, -0.1) is 0 Å². The SMILES string of the molecule is CCc1ccc(C(=O)OCCOCCOCCOCOc2ccc(COS(=O)(=O)C(F)(F)F)cc2)cc1. The molecule has 37 heavy (non-hydrogen) atoms. The molecule has 13 heteroatoms. The molecule has 0 saturated carbocycles. The number of benzene rings is 2. The number of aryl methyl sites for hydroxylation is 1. The smallest absolute Gasteiger partial charge is 0.468 e. The second kappa shape index (κ2) is 15.5. The molecule has 0 aliphatic heterocycles. The highest BCUT2D eigenvalue weighted by Gasteiger charge is 2.47. The predicted octanol–water partition coefficient (Wildman–Crippen LogP) is 3.86. The van der Waals surface area contributed by atoms with Crippen molar-refractivity contribution in [2.24, 2.45) is 0 Å². The number of alkyl halides is 3. The van der Waals surface area contributed by atoms with Crippen LogP contribution in [0, 0.1) is 0 Å². The summed E-state index contributed by atoms with van der Waals surface area (Å²) in [7, 11) is -5.64. The van der Waals surface area contributed by atoms with E-state index in [1.807, 2.05) is 19.1 Å². The number of esters is 1. The summed E-state index contributed by atoms with van der Waals surface area (Å²) in [5.74, 6) is -0.0290. The van der Waals surface area contributed by atoms with Crippen molar-refractivity contribution in [1.82, 2.24) is 0 Å². The van der Waals surface area contributed by atoms with Crippen LogP contribution in [0.1, 0.15) is 28.4 Å². The number of rotatable bonds is 17. The zero-order valence-corrected chi connectivity index (χ0v) is 21.0. The highest BCUT2D eigenvalue weighted by atomic mass is 32.2. The lowest BCUT2D eigenvalue weighted by molar-refractivity contribution is -0.0548. The third-order valence-electron chi connectivity index (χ3n) is 4.70. The van der Waals surface area contributed by atoms with Gasteiger partial charge >= 0.3 is 21.6 Å². The maximum atomic E-state index is 12.2. The van der Waals surface area contributed by atoms with E-state index in [1.165, 1.54) is 24.3 Å². The van der Waals surface area contributed by atoms with Crippen molar-refractivity contribution < 1.29 is 54.3 Å². The van der Waals surface area contributed by atoms with Gasteiger partial charge in [-0.1, -0.05) is 31.2 Å². The minimum Gasteiger partial charge on any atom is -0.468 e. The predicted molar refractivity (Wildman–Crippen MR) is 125 cm³/mol. The molecule has 2 rings (SSSR count). The summed E-state index contributed by atoms with van der Waals surface area (Å²) in [5, 5.41) is 0. The molecule has 0 spiro atoms. The van der Waals surface area contributed by atoms with Gasteiger partial charge in [0.1, 0.15) is 12.4 Å². The number of carbonyl (C=O) groups excluding carboxylic acids is 1. The van der Waals surface area contributed by atoms with Crippen LogP contribution in [0.15, 0.2) is 48.5 Å². The van der Waals surface area contributed by atoms with Crippen molar-refractivity contribution in [2.75, 3.05) is 46.4 Å². The molecular weight excluding hydrogens is 521 g/mol. The van der Waals surface area contributed by atoms with Crippen LogP contribution in [-0.2, 0) is 46.3 Å². The summed E-state index contributed by atoms with van der Waals surface area (Å²) in [6.45, 7) is 2.75. The van der Waals surface area contributed by atoms with E-state index in [9.17, 15) is 26.4 Å². The summed E-state index contributed by atoms with van der Waals surface area (Å²) in [5.41, 5.74) is -3.61. The molecule has 9 nitrogen and oxygen atoms in total. The molecule has 0 aliphatic rings. The Morgan fingerprint density at radius 3 is 1.89 bits per heavy atom. The Kier molecular flexibility index (Phi) is 12.8. The molecule has 0 N–H and O–H groups in total. The van der Waals surface area contributed by atoms with Crippen molar-refractivity contribution in [3.8, 4) is 5.75 Å². The van der Waals surface area contributed by atoms with Gasteiger partial charge in [0.05, 0.1) is 45.2 Å². The van der Waals surface area contributed by atoms with E-state index in [1.54, 1.807) is 12.1 Å². The fraction of sp³-hybridized carbons (Fsp3) is 0.458. The maximum absolute atomic E-state index is 12.2. The molecule has 206 valence electrons. The summed E-state index contributed by atoms with van der Waals surface area (Å²) >= 11 is 0. The minimum absolute atomic E-state index is 0.0926. The largest absolute Gasteiger partial charge is 0.523 e. The molecule has 0 amide bonds. The Morgan fingerprint density at radius 1 is 0.784 bits per heavy atom. The summed E-state index contributed by atoms with van der Waals surface area (Å²) in [6.07, 6.45) is 0.899. The van der Waals surface area contributed by atoms with E-state index in [0.717, 1.165) is 12.0 Å². The molecule has 0 aliphatic carbocycles. The second-order valence-corrected chi connectivity index (χ2v) is 8.99. The zero-order chi connectivity index (χ0) is 27.2. The molecule has 0 unspecified atom stereocenters. The summed E-state index contributed by atoms with van der Waals surface area (Å²) in [6, 6.07) is 12.9. The van der Waals surface area contributed by atoms with E-state index < -0.39 is 28.2 Å². The lowest BCUT2D eigenvalue weighted by atomic mass is 10.1. The standard InChI is InChI=1S/C24H29F3O9S/c1-2-19-3-7-21(8-4-19)23(28)34-16-15-32-12-11-31-13-14-33-18-35-22-9-5-20(6-10-22)17-36-37(29,30)24(25,26)27/h3-10H,2,11-18H2,1H3. The Bertz CT molecular complexity index is 1040. The summed E-state index contributed by atoms with van der Waals surface area (Å²) in [4.78, 5) is 11.9. The Labute approximate surface area is 213 Å². The van der Waals surface area contributed by atoms with Gasteiger partial charge in [0.15, 0.2) is 6.79 Å². The number of ether oxygens (including phenoxy) is 5. The minimum atomic E-state index is -5.64. The van der Waals surface area contributed by atoms with Gasteiger partial charge in [-0.3, -0.25) is 4.18 Å². The van der Waals surface area contributed by atoms with Crippen molar-refractivity contribution in [3.05, 3.63) is 65.2 Å². The molecule has 0 fully saturated rings. The van der Waals surface area contributed by atoms with Crippen LogP contribution < -0.4 is 4.74 Å². The first kappa shape index (κ1) is 30.5. The van der Waals surface area contributed by atoms with E-state index in [2.05, 4.69) is 4.18 Å². The first-order valence-corrected chi connectivity index (χ1v) is 12.7.